The first-order valence-electron chi connectivity index (χ1n) is 11.4. The number of hydrogen-bond donors (Lipinski definition) is 0. The predicted octanol–water partition coefficient (Wildman–Crippen LogP) is 7.37. The third kappa shape index (κ3) is 3.65. The van der Waals surface area contributed by atoms with Crippen molar-refractivity contribution in [3.8, 4) is 33.9 Å². The Hall–Kier alpha value is -3.92. The Labute approximate surface area is 200 Å². The van der Waals surface area contributed by atoms with E-state index in [2.05, 4.69) is 82.3 Å². The summed E-state index contributed by atoms with van der Waals surface area (Å²) in [4.78, 5) is 9.99. The van der Waals surface area contributed by atoms with Crippen molar-refractivity contribution in [3.05, 3.63) is 83.0 Å². The van der Waals surface area contributed by atoms with Gasteiger partial charge in [-0.1, -0.05) is 18.2 Å². The van der Waals surface area contributed by atoms with Gasteiger partial charge in [0.25, 0.3) is 0 Å². The fraction of sp³-hybridized carbons (Fsp3) is 0.200. The van der Waals surface area contributed by atoms with Gasteiger partial charge < -0.3 is 9.47 Å². The van der Waals surface area contributed by atoms with Gasteiger partial charge in [0.05, 0.1) is 30.9 Å². The lowest BCUT2D eigenvalue weighted by molar-refractivity contribution is 0.414. The van der Waals surface area contributed by atoms with Crippen molar-refractivity contribution in [3.63, 3.8) is 0 Å². The normalized spacial score (nSPS) is 11.2. The van der Waals surface area contributed by atoms with Crippen LogP contribution in [0, 0.1) is 27.7 Å². The number of pyridine rings is 2. The summed E-state index contributed by atoms with van der Waals surface area (Å²) in [6, 6.07) is 18.9. The molecule has 0 atom stereocenters. The molecule has 0 saturated carbocycles. The highest BCUT2D eigenvalue weighted by Crippen LogP contribution is 2.35. The van der Waals surface area contributed by atoms with Crippen molar-refractivity contribution >= 4 is 21.8 Å². The Bertz CT molecular complexity index is 1520. The quantitative estimate of drug-likeness (QED) is 0.269. The van der Waals surface area contributed by atoms with Gasteiger partial charge >= 0.3 is 0 Å². The lowest BCUT2D eigenvalue weighted by atomic mass is 9.95. The van der Waals surface area contributed by atoms with Gasteiger partial charge in [0.2, 0.25) is 0 Å². The summed E-state index contributed by atoms with van der Waals surface area (Å²) in [7, 11) is 3.40. The van der Waals surface area contributed by atoms with Crippen LogP contribution < -0.4 is 9.47 Å². The van der Waals surface area contributed by atoms with E-state index in [1.165, 1.54) is 16.7 Å². The van der Waals surface area contributed by atoms with Gasteiger partial charge in [-0.3, -0.25) is 4.98 Å². The number of aryl methyl sites for hydroxylation is 4. The van der Waals surface area contributed by atoms with Crippen LogP contribution >= 0.6 is 0 Å². The van der Waals surface area contributed by atoms with E-state index in [0.29, 0.717) is 0 Å². The van der Waals surface area contributed by atoms with Gasteiger partial charge in [-0.2, -0.15) is 0 Å². The lowest BCUT2D eigenvalue weighted by Gasteiger charge is -2.14. The number of rotatable bonds is 4. The highest BCUT2D eigenvalue weighted by molar-refractivity contribution is 6.04. The van der Waals surface area contributed by atoms with E-state index in [1.54, 1.807) is 14.2 Å². The van der Waals surface area contributed by atoms with Crippen molar-refractivity contribution in [2.45, 2.75) is 27.7 Å². The number of benzene rings is 3. The number of nitrogens with zero attached hydrogens (tertiary/aromatic N) is 2. The maximum absolute atomic E-state index is 5.43. The third-order valence-electron chi connectivity index (χ3n) is 6.54. The predicted molar refractivity (Wildman–Crippen MR) is 140 cm³/mol. The highest BCUT2D eigenvalue weighted by Gasteiger charge is 2.14. The smallest absolute Gasteiger partial charge is 0.119 e. The Morgan fingerprint density at radius 2 is 1.12 bits per heavy atom. The third-order valence-corrected chi connectivity index (χ3v) is 6.54. The van der Waals surface area contributed by atoms with Crippen molar-refractivity contribution in [2.75, 3.05) is 14.2 Å². The first-order valence-corrected chi connectivity index (χ1v) is 11.4. The van der Waals surface area contributed by atoms with E-state index in [4.69, 9.17) is 19.4 Å². The first kappa shape index (κ1) is 21.9. The molecule has 0 aliphatic heterocycles. The number of aromatic nitrogens is 2. The molecule has 0 spiro atoms. The Morgan fingerprint density at radius 1 is 0.588 bits per heavy atom. The fourth-order valence-corrected chi connectivity index (χ4v) is 5.00. The van der Waals surface area contributed by atoms with Gasteiger partial charge in [-0.15, -0.1) is 0 Å². The van der Waals surface area contributed by atoms with Crippen LogP contribution in [0.4, 0.5) is 0 Å². The van der Waals surface area contributed by atoms with Gasteiger partial charge in [0.15, 0.2) is 0 Å². The SMILES string of the molecule is COc1cc(C)c(-c2cnc3c(ccc4ccc(-c5c(C)cc(OC)cc5C)nc43)c2)c(C)c1. The van der Waals surface area contributed by atoms with Gasteiger partial charge in [-0.05, 0) is 91.9 Å². The molecule has 0 unspecified atom stereocenters. The lowest BCUT2D eigenvalue weighted by Crippen LogP contribution is -1.95. The van der Waals surface area contributed by atoms with Crippen molar-refractivity contribution in [1.29, 1.82) is 0 Å². The van der Waals surface area contributed by atoms with Crippen LogP contribution in [0.15, 0.2) is 60.8 Å². The molecule has 0 saturated heterocycles. The molecule has 4 nitrogen and oxygen atoms in total. The van der Waals surface area contributed by atoms with E-state index < -0.39 is 0 Å². The van der Waals surface area contributed by atoms with Crippen molar-refractivity contribution in [2.24, 2.45) is 0 Å². The Balaban J connectivity index is 1.67. The summed E-state index contributed by atoms with van der Waals surface area (Å²) >= 11 is 0. The van der Waals surface area contributed by atoms with E-state index in [0.717, 1.165) is 61.3 Å². The zero-order chi connectivity index (χ0) is 24.0. The number of ether oxygens (including phenoxy) is 2. The molecule has 0 N–H and O–H groups in total. The van der Waals surface area contributed by atoms with Crippen LogP contribution in [0.1, 0.15) is 22.3 Å². The van der Waals surface area contributed by atoms with E-state index >= 15 is 0 Å². The molecule has 4 heteroatoms. The molecule has 0 bridgehead atoms. The monoisotopic (exact) mass is 448 g/mol. The topological polar surface area (TPSA) is 44.2 Å². The van der Waals surface area contributed by atoms with Gasteiger partial charge in [0, 0.05) is 28.1 Å². The summed E-state index contributed by atoms with van der Waals surface area (Å²) < 4.78 is 10.9. The second-order valence-electron chi connectivity index (χ2n) is 8.90. The van der Waals surface area contributed by atoms with E-state index in [1.807, 2.05) is 6.20 Å². The first-order chi connectivity index (χ1) is 16.4. The minimum atomic E-state index is 0.864. The standard InChI is InChI=1S/C30H28N2O2/c1-17-11-24(33-5)12-18(2)27(17)23-15-22-8-7-21-9-10-26(32-30(21)29(22)31-16-23)28-19(3)13-25(34-6)14-20(28)4/h7-16H,1-6H3. The molecule has 0 fully saturated rings. The maximum atomic E-state index is 5.43. The molecule has 0 radical (unpaired) electrons. The average molecular weight is 449 g/mol. The summed E-state index contributed by atoms with van der Waals surface area (Å²) in [5.74, 6) is 1.74. The van der Waals surface area contributed by atoms with Crippen LogP contribution in [0.3, 0.4) is 0 Å². The summed E-state index contributed by atoms with van der Waals surface area (Å²) in [5.41, 5.74) is 10.8. The van der Waals surface area contributed by atoms with Gasteiger partial charge in [-0.25, -0.2) is 4.98 Å². The fourth-order valence-electron chi connectivity index (χ4n) is 5.00. The molecule has 0 amide bonds. The molecule has 5 rings (SSSR count). The number of fused-ring (bicyclic) bond motifs is 3. The Morgan fingerprint density at radius 3 is 1.71 bits per heavy atom. The molecule has 170 valence electrons. The zero-order valence-electron chi connectivity index (χ0n) is 20.5. The van der Waals surface area contributed by atoms with E-state index in [-0.39, 0.29) is 0 Å². The molecule has 0 aliphatic carbocycles. The molecule has 2 heterocycles. The second-order valence-corrected chi connectivity index (χ2v) is 8.90. The summed E-state index contributed by atoms with van der Waals surface area (Å²) in [6.45, 7) is 8.43. The average Bonchev–Trinajstić information content (AvgIpc) is 2.82. The zero-order valence-corrected chi connectivity index (χ0v) is 20.5. The maximum Gasteiger partial charge on any atom is 0.119 e. The van der Waals surface area contributed by atoms with Gasteiger partial charge in [0.1, 0.15) is 11.5 Å². The van der Waals surface area contributed by atoms with Crippen LogP contribution in [0.2, 0.25) is 0 Å². The second kappa shape index (κ2) is 8.45. The van der Waals surface area contributed by atoms with Crippen LogP contribution in [0.5, 0.6) is 11.5 Å². The van der Waals surface area contributed by atoms with Crippen LogP contribution in [-0.2, 0) is 0 Å². The summed E-state index contributed by atoms with van der Waals surface area (Å²) in [6.07, 6.45) is 1.96. The minimum absolute atomic E-state index is 0.864. The largest absolute Gasteiger partial charge is 0.497 e. The highest BCUT2D eigenvalue weighted by atomic mass is 16.5. The van der Waals surface area contributed by atoms with Crippen molar-refractivity contribution < 1.29 is 9.47 Å². The van der Waals surface area contributed by atoms with Crippen molar-refractivity contribution in [1.82, 2.24) is 9.97 Å². The summed E-state index contributed by atoms with van der Waals surface area (Å²) in [5, 5.41) is 2.16. The van der Waals surface area contributed by atoms with Crippen LogP contribution in [0.25, 0.3) is 44.2 Å². The molecular weight excluding hydrogens is 420 g/mol. The molecule has 2 aromatic heterocycles. The molecule has 0 aliphatic rings. The molecular formula is C30H28N2O2. The molecule has 5 aromatic rings. The minimum Gasteiger partial charge on any atom is -0.497 e. The Kier molecular flexibility index (Phi) is 5.45. The number of hydrogen-bond acceptors (Lipinski definition) is 4. The van der Waals surface area contributed by atoms with Crippen LogP contribution in [-0.4, -0.2) is 24.2 Å². The molecule has 34 heavy (non-hydrogen) atoms. The van der Waals surface area contributed by atoms with E-state index in [9.17, 15) is 0 Å². The molecule has 3 aromatic carbocycles. The number of methoxy groups -OCH3 is 2.